The molecule has 0 fully saturated rings. The Bertz CT molecular complexity index is 171. The van der Waals surface area contributed by atoms with Crippen LogP contribution in [0, 0.1) is 0 Å². The summed E-state index contributed by atoms with van der Waals surface area (Å²) in [7, 11) is 0. The van der Waals surface area contributed by atoms with Gasteiger partial charge in [-0.25, -0.2) is 9.59 Å². The Balaban J connectivity index is 0. The lowest BCUT2D eigenvalue weighted by Crippen LogP contribution is -2.41. The minimum Gasteiger partial charge on any atom is -0.479 e. The van der Waals surface area contributed by atoms with Crippen molar-refractivity contribution in [1.29, 1.82) is 0 Å². The van der Waals surface area contributed by atoms with Crippen LogP contribution < -0.4 is 12.0 Å². The third-order valence-electron chi connectivity index (χ3n) is 0.910. The molecule has 0 aromatic heterocycles. The highest BCUT2D eigenvalue weighted by molar-refractivity contribution is 5.83. The molecule has 0 aromatic carbocycles. The van der Waals surface area contributed by atoms with Gasteiger partial charge in [0, 0.05) is 0 Å². The Morgan fingerprint density at radius 1 is 1.25 bits per heavy atom. The number of aliphatic hydroxyl groups is 2. The molecule has 8 N–H and O–H groups in total. The van der Waals surface area contributed by atoms with Gasteiger partial charge in [-0.1, -0.05) is 0 Å². The number of rotatable bonds is 3. The molecule has 0 saturated heterocycles. The van der Waals surface area contributed by atoms with Gasteiger partial charge in [-0.3, -0.25) is 0 Å². The number of nitrogens with two attached hydrogens (primary N) is 1. The van der Waals surface area contributed by atoms with Crippen molar-refractivity contribution < 1.29 is 29.7 Å². The second-order valence-corrected chi connectivity index (χ2v) is 1.66. The summed E-state index contributed by atoms with van der Waals surface area (Å²) in [5, 5.41) is 25.1. The first-order valence-electron chi connectivity index (χ1n) is 2.50. The molecule has 0 spiro atoms. The van der Waals surface area contributed by atoms with Gasteiger partial charge in [0.1, 0.15) is 0 Å². The molecule has 2 atom stereocenters. The average Bonchev–Trinajstić information content (AvgIpc) is 2.00. The number of carbonyl (C=O) groups excluding carboxylic acids is 1. The van der Waals surface area contributed by atoms with Gasteiger partial charge < -0.3 is 26.3 Å². The minimum atomic E-state index is -2.22. The van der Waals surface area contributed by atoms with Crippen LogP contribution in [0.4, 0.5) is 0 Å². The predicted octanol–water partition coefficient (Wildman–Crippen LogP) is -2.63. The second-order valence-electron chi connectivity index (χ2n) is 1.66. The van der Waals surface area contributed by atoms with E-state index in [2.05, 4.69) is 10.7 Å². The Kier molecular flexibility index (Phi) is 6.06. The van der Waals surface area contributed by atoms with E-state index in [1.165, 1.54) is 0 Å². The molecule has 0 rings (SSSR count). The lowest BCUT2D eigenvalue weighted by Gasteiger charge is -2.09. The number of hydrogen-bond acceptors (Lipinski definition) is 7. The summed E-state index contributed by atoms with van der Waals surface area (Å²) in [5.41, 5.74) is 0. The SMILES string of the molecule is N.NOC(=O)C(O)C(O)C(=O)O. The fraction of sp³-hybridized carbons (Fsp3) is 0.500. The molecule has 72 valence electrons. The van der Waals surface area contributed by atoms with E-state index in [4.69, 9.17) is 15.3 Å². The van der Waals surface area contributed by atoms with E-state index in [0.717, 1.165) is 0 Å². The van der Waals surface area contributed by atoms with Gasteiger partial charge in [-0.2, -0.15) is 5.90 Å². The smallest absolute Gasteiger partial charge is 0.356 e. The van der Waals surface area contributed by atoms with Gasteiger partial charge in [-0.15, -0.1) is 0 Å². The summed E-state index contributed by atoms with van der Waals surface area (Å²) in [5.74, 6) is 1.16. The zero-order valence-corrected chi connectivity index (χ0v) is 6.01. The molecule has 0 aromatic rings. The van der Waals surface area contributed by atoms with Crippen molar-refractivity contribution in [3.8, 4) is 0 Å². The van der Waals surface area contributed by atoms with Gasteiger partial charge >= 0.3 is 11.9 Å². The standard InChI is InChI=1S/C4H7NO6.H3N/c5-11-4(10)2(7)1(6)3(8)9;/h1-2,6-7H,5H2,(H,8,9);1H3. The summed E-state index contributed by atoms with van der Waals surface area (Å²) in [6, 6.07) is 0. The monoisotopic (exact) mass is 182 g/mol. The number of aliphatic carboxylic acids is 1. The van der Waals surface area contributed by atoms with Crippen molar-refractivity contribution in [3.05, 3.63) is 0 Å². The fourth-order valence-corrected chi connectivity index (χ4v) is 0.334. The highest BCUT2D eigenvalue weighted by atomic mass is 16.7. The van der Waals surface area contributed by atoms with E-state index in [1.54, 1.807) is 0 Å². The second kappa shape index (κ2) is 5.43. The molecule has 8 heteroatoms. The minimum absolute atomic E-state index is 0. The van der Waals surface area contributed by atoms with Crippen molar-refractivity contribution in [2.24, 2.45) is 5.90 Å². The lowest BCUT2D eigenvalue weighted by atomic mass is 10.2. The molecule has 0 amide bonds. The number of hydrogen-bond donors (Lipinski definition) is 5. The van der Waals surface area contributed by atoms with Crippen LogP contribution in [0.3, 0.4) is 0 Å². The van der Waals surface area contributed by atoms with Gasteiger partial charge in [0.15, 0.2) is 12.2 Å². The van der Waals surface area contributed by atoms with Gasteiger partial charge in [-0.05, 0) is 0 Å². The molecule has 0 radical (unpaired) electrons. The largest absolute Gasteiger partial charge is 0.479 e. The van der Waals surface area contributed by atoms with Crippen molar-refractivity contribution in [2.75, 3.05) is 0 Å². The van der Waals surface area contributed by atoms with E-state index in [1.807, 2.05) is 0 Å². The fourth-order valence-electron chi connectivity index (χ4n) is 0.334. The Labute approximate surface area is 67.1 Å². The summed E-state index contributed by atoms with van der Waals surface area (Å²) in [6.45, 7) is 0. The zero-order chi connectivity index (χ0) is 9.02. The van der Waals surface area contributed by atoms with Crippen molar-refractivity contribution in [2.45, 2.75) is 12.2 Å². The highest BCUT2D eigenvalue weighted by Crippen LogP contribution is 1.94. The third-order valence-corrected chi connectivity index (χ3v) is 0.910. The lowest BCUT2D eigenvalue weighted by molar-refractivity contribution is -0.170. The summed E-state index contributed by atoms with van der Waals surface area (Å²) in [6.07, 6.45) is -4.37. The number of carboxylic acid groups (broad SMARTS) is 1. The van der Waals surface area contributed by atoms with Crippen molar-refractivity contribution in [1.82, 2.24) is 6.15 Å². The van der Waals surface area contributed by atoms with E-state index >= 15 is 0 Å². The van der Waals surface area contributed by atoms with Crippen LogP contribution >= 0.6 is 0 Å². The first-order chi connectivity index (χ1) is 5.00. The maximum absolute atomic E-state index is 10.2. The molecular weight excluding hydrogens is 172 g/mol. The van der Waals surface area contributed by atoms with Gasteiger partial charge in [0.2, 0.25) is 0 Å². The Morgan fingerprint density at radius 3 is 1.92 bits per heavy atom. The molecule has 12 heavy (non-hydrogen) atoms. The topological polar surface area (TPSA) is 165 Å². The molecule has 0 heterocycles. The Morgan fingerprint density at radius 2 is 1.67 bits per heavy atom. The van der Waals surface area contributed by atoms with Gasteiger partial charge in [0.05, 0.1) is 0 Å². The highest BCUT2D eigenvalue weighted by Gasteiger charge is 2.30. The van der Waals surface area contributed by atoms with E-state index in [0.29, 0.717) is 0 Å². The first kappa shape index (κ1) is 13.4. The molecule has 0 aliphatic heterocycles. The normalized spacial score (nSPS) is 13.9. The molecule has 0 saturated carbocycles. The molecule has 0 aliphatic carbocycles. The third kappa shape index (κ3) is 3.25. The van der Waals surface area contributed by atoms with Crippen molar-refractivity contribution >= 4 is 11.9 Å². The molecule has 0 aliphatic rings. The number of carboxylic acids is 1. The number of aliphatic hydroxyl groups excluding tert-OH is 2. The van der Waals surface area contributed by atoms with Crippen LogP contribution in [-0.2, 0) is 14.4 Å². The van der Waals surface area contributed by atoms with Gasteiger partial charge in [0.25, 0.3) is 0 Å². The van der Waals surface area contributed by atoms with Crippen LogP contribution in [0.2, 0.25) is 0 Å². The molecule has 2 unspecified atom stereocenters. The Hall–Kier alpha value is -1.22. The van der Waals surface area contributed by atoms with Crippen LogP contribution in [0.15, 0.2) is 0 Å². The maximum Gasteiger partial charge on any atom is 0.356 e. The molecule has 0 bridgehead atoms. The average molecular weight is 182 g/mol. The molecule has 8 nitrogen and oxygen atoms in total. The van der Waals surface area contributed by atoms with Crippen LogP contribution in [0.25, 0.3) is 0 Å². The zero-order valence-electron chi connectivity index (χ0n) is 6.01. The quantitative estimate of drug-likeness (QED) is 0.295. The molecular formula is C4H10N2O6. The van der Waals surface area contributed by atoms with E-state index in [9.17, 15) is 9.59 Å². The summed E-state index contributed by atoms with van der Waals surface area (Å²) in [4.78, 5) is 23.6. The van der Waals surface area contributed by atoms with Crippen LogP contribution in [0.5, 0.6) is 0 Å². The van der Waals surface area contributed by atoms with E-state index < -0.39 is 24.1 Å². The van der Waals surface area contributed by atoms with Crippen LogP contribution in [0.1, 0.15) is 0 Å². The predicted molar refractivity (Wildman–Crippen MR) is 35.0 cm³/mol. The maximum atomic E-state index is 10.2. The number of carbonyl (C=O) groups is 2. The van der Waals surface area contributed by atoms with Crippen LogP contribution in [-0.4, -0.2) is 39.5 Å². The van der Waals surface area contributed by atoms with Crippen molar-refractivity contribution in [3.63, 3.8) is 0 Å². The first-order valence-corrected chi connectivity index (χ1v) is 2.50. The summed E-state index contributed by atoms with van der Waals surface area (Å²) < 4.78 is 0. The van der Waals surface area contributed by atoms with E-state index in [-0.39, 0.29) is 6.15 Å². The summed E-state index contributed by atoms with van der Waals surface area (Å²) >= 11 is 0.